The fourth-order valence-electron chi connectivity index (χ4n) is 3.84. The summed E-state index contributed by atoms with van der Waals surface area (Å²) >= 11 is 6.59. The number of hydrogen-bond acceptors (Lipinski definition) is 6. The van der Waals surface area contributed by atoms with E-state index in [9.17, 15) is 13.2 Å². The number of benzene rings is 1. The largest absolute Gasteiger partial charge is 0.464 e. The van der Waals surface area contributed by atoms with Gasteiger partial charge in [-0.2, -0.15) is 0 Å². The van der Waals surface area contributed by atoms with Crippen molar-refractivity contribution in [2.45, 2.75) is 46.1 Å². The van der Waals surface area contributed by atoms with Gasteiger partial charge in [-0.25, -0.2) is 23.1 Å². The van der Waals surface area contributed by atoms with Crippen molar-refractivity contribution < 1.29 is 17.6 Å². The Kier molecular flexibility index (Phi) is 7.57. The molecule has 8 nitrogen and oxygen atoms in total. The van der Waals surface area contributed by atoms with Gasteiger partial charge in [-0.05, 0) is 42.3 Å². The van der Waals surface area contributed by atoms with Crippen molar-refractivity contribution in [1.29, 1.82) is 0 Å². The standard InChI is InChI=1S/C25H27ClN4O4S/c1-3-5-6-14-35(32,33)29-25(31)21-12-11-20-24(28-21)30(23(4-2)27-20)16-18-10-9-17(15-19(18)26)22-8-7-13-34-22/h7-13,15H,3-6,14,16H2,1-2H3,(H,29,31). The molecule has 35 heavy (non-hydrogen) atoms. The predicted molar refractivity (Wildman–Crippen MR) is 136 cm³/mol. The van der Waals surface area contributed by atoms with Gasteiger partial charge in [-0.15, -0.1) is 0 Å². The number of pyridine rings is 1. The fourth-order valence-corrected chi connectivity index (χ4v) is 5.15. The Hall–Kier alpha value is -3.17. The van der Waals surface area contributed by atoms with Crippen molar-refractivity contribution in [3.05, 3.63) is 70.8 Å². The van der Waals surface area contributed by atoms with Crippen LogP contribution in [0.2, 0.25) is 5.02 Å². The number of halogens is 1. The van der Waals surface area contributed by atoms with E-state index in [1.165, 1.54) is 6.07 Å². The average molecular weight is 515 g/mol. The molecule has 0 atom stereocenters. The smallest absolute Gasteiger partial charge is 0.283 e. The first-order chi connectivity index (χ1) is 16.8. The van der Waals surface area contributed by atoms with E-state index in [1.807, 2.05) is 48.7 Å². The van der Waals surface area contributed by atoms with Crippen LogP contribution in [0.25, 0.3) is 22.5 Å². The molecule has 10 heteroatoms. The normalized spacial score (nSPS) is 11.7. The molecule has 0 saturated heterocycles. The molecule has 0 unspecified atom stereocenters. The highest BCUT2D eigenvalue weighted by molar-refractivity contribution is 7.90. The summed E-state index contributed by atoms with van der Waals surface area (Å²) in [7, 11) is -3.73. The van der Waals surface area contributed by atoms with E-state index in [0.717, 1.165) is 35.6 Å². The van der Waals surface area contributed by atoms with Gasteiger partial charge in [0.15, 0.2) is 5.65 Å². The number of amides is 1. The van der Waals surface area contributed by atoms with Crippen LogP contribution in [0.5, 0.6) is 0 Å². The molecule has 0 saturated carbocycles. The van der Waals surface area contributed by atoms with Crippen LogP contribution in [0.4, 0.5) is 0 Å². The zero-order valence-electron chi connectivity index (χ0n) is 19.6. The van der Waals surface area contributed by atoms with Crippen LogP contribution < -0.4 is 4.72 Å². The number of carbonyl (C=O) groups is 1. The zero-order chi connectivity index (χ0) is 25.0. The quantitative estimate of drug-likeness (QED) is 0.291. The van der Waals surface area contributed by atoms with Gasteiger partial charge in [0.25, 0.3) is 5.91 Å². The summed E-state index contributed by atoms with van der Waals surface area (Å²) in [5.41, 5.74) is 2.84. The number of rotatable bonds is 10. The third-order valence-corrected chi connectivity index (χ3v) is 7.35. The van der Waals surface area contributed by atoms with Gasteiger partial charge in [0, 0.05) is 17.0 Å². The first-order valence-corrected chi connectivity index (χ1v) is 13.6. The number of nitrogens with one attached hydrogen (secondary N) is 1. The Morgan fingerprint density at radius 3 is 2.63 bits per heavy atom. The lowest BCUT2D eigenvalue weighted by molar-refractivity contribution is 0.0977. The summed E-state index contributed by atoms with van der Waals surface area (Å²) in [5, 5.41) is 0.565. The third kappa shape index (κ3) is 5.74. The van der Waals surface area contributed by atoms with Crippen molar-refractivity contribution >= 4 is 38.7 Å². The number of sulfonamides is 1. The second-order valence-corrected chi connectivity index (χ2v) is 10.5. The van der Waals surface area contributed by atoms with Crippen LogP contribution >= 0.6 is 11.6 Å². The second-order valence-electron chi connectivity index (χ2n) is 8.25. The number of hydrogen-bond donors (Lipinski definition) is 1. The summed E-state index contributed by atoms with van der Waals surface area (Å²) in [6, 6.07) is 12.5. The summed E-state index contributed by atoms with van der Waals surface area (Å²) in [6.07, 6.45) is 4.42. The molecule has 184 valence electrons. The molecule has 0 aliphatic heterocycles. The summed E-state index contributed by atoms with van der Waals surface area (Å²) < 4.78 is 34.0. The van der Waals surface area contributed by atoms with Crippen LogP contribution in [-0.4, -0.2) is 34.6 Å². The molecule has 4 rings (SSSR count). The number of furan rings is 1. The van der Waals surface area contributed by atoms with Gasteiger partial charge in [0.05, 0.1) is 18.6 Å². The van der Waals surface area contributed by atoms with Gasteiger partial charge < -0.3 is 8.98 Å². The molecule has 0 radical (unpaired) electrons. The zero-order valence-corrected chi connectivity index (χ0v) is 21.2. The maximum absolute atomic E-state index is 12.7. The second kappa shape index (κ2) is 10.6. The number of carbonyl (C=O) groups excluding carboxylic acids is 1. The van der Waals surface area contributed by atoms with Crippen molar-refractivity contribution in [2.75, 3.05) is 5.75 Å². The summed E-state index contributed by atoms with van der Waals surface area (Å²) in [6.45, 7) is 4.36. The molecule has 0 spiro atoms. The van der Waals surface area contributed by atoms with E-state index in [1.54, 1.807) is 12.3 Å². The van der Waals surface area contributed by atoms with E-state index in [-0.39, 0.29) is 11.4 Å². The SMILES string of the molecule is CCCCCS(=O)(=O)NC(=O)c1ccc2nc(CC)n(Cc3ccc(-c4ccco4)cc3Cl)c2n1. The maximum Gasteiger partial charge on any atom is 0.283 e. The van der Waals surface area contributed by atoms with E-state index in [2.05, 4.69) is 14.7 Å². The fraction of sp³-hybridized carbons (Fsp3) is 0.320. The van der Waals surface area contributed by atoms with Crippen molar-refractivity contribution in [3.63, 3.8) is 0 Å². The van der Waals surface area contributed by atoms with Gasteiger partial charge in [-0.3, -0.25) is 4.79 Å². The minimum absolute atomic E-state index is 0.0135. The number of unbranched alkanes of at least 4 members (excludes halogenated alkanes) is 2. The topological polar surface area (TPSA) is 107 Å². The minimum atomic E-state index is -3.73. The monoisotopic (exact) mass is 514 g/mol. The Morgan fingerprint density at radius 2 is 1.94 bits per heavy atom. The average Bonchev–Trinajstić information content (AvgIpc) is 3.48. The molecule has 1 amide bonds. The summed E-state index contributed by atoms with van der Waals surface area (Å²) in [5.74, 6) is 0.653. The van der Waals surface area contributed by atoms with Crippen molar-refractivity contribution in [2.24, 2.45) is 0 Å². The Labute approximate surface area is 209 Å². The molecule has 0 bridgehead atoms. The minimum Gasteiger partial charge on any atom is -0.464 e. The third-order valence-electron chi connectivity index (χ3n) is 5.67. The molecule has 1 aromatic carbocycles. The van der Waals surface area contributed by atoms with Crippen LogP contribution in [-0.2, 0) is 23.0 Å². The molecular formula is C25H27ClN4O4S. The van der Waals surface area contributed by atoms with Gasteiger partial charge in [0.1, 0.15) is 22.8 Å². The summed E-state index contributed by atoms with van der Waals surface area (Å²) in [4.78, 5) is 21.8. The van der Waals surface area contributed by atoms with Gasteiger partial charge in [0.2, 0.25) is 10.0 Å². The van der Waals surface area contributed by atoms with E-state index >= 15 is 0 Å². The lowest BCUT2D eigenvalue weighted by Crippen LogP contribution is -2.33. The number of aryl methyl sites for hydroxylation is 1. The van der Waals surface area contributed by atoms with Gasteiger partial charge >= 0.3 is 0 Å². The van der Waals surface area contributed by atoms with E-state index < -0.39 is 15.9 Å². The van der Waals surface area contributed by atoms with E-state index in [0.29, 0.717) is 35.6 Å². The lowest BCUT2D eigenvalue weighted by Gasteiger charge is -2.11. The molecule has 0 fully saturated rings. The van der Waals surface area contributed by atoms with Gasteiger partial charge in [-0.1, -0.05) is 50.4 Å². The number of nitrogens with zero attached hydrogens (tertiary/aromatic N) is 3. The highest BCUT2D eigenvalue weighted by Gasteiger charge is 2.20. The number of imidazole rings is 1. The lowest BCUT2D eigenvalue weighted by atomic mass is 10.1. The molecule has 0 aliphatic carbocycles. The molecule has 0 aliphatic rings. The predicted octanol–water partition coefficient (Wildman–Crippen LogP) is 5.21. The molecule has 3 heterocycles. The Balaban J connectivity index is 1.62. The Bertz CT molecular complexity index is 1450. The van der Waals surface area contributed by atoms with Crippen molar-refractivity contribution in [3.8, 4) is 11.3 Å². The first kappa shape index (κ1) is 24.9. The maximum atomic E-state index is 12.7. The molecule has 1 N–H and O–H groups in total. The highest BCUT2D eigenvalue weighted by Crippen LogP contribution is 2.28. The molecule has 3 aromatic heterocycles. The number of aromatic nitrogens is 3. The number of fused-ring (bicyclic) bond motifs is 1. The van der Waals surface area contributed by atoms with Crippen molar-refractivity contribution in [1.82, 2.24) is 19.3 Å². The first-order valence-electron chi connectivity index (χ1n) is 11.5. The Morgan fingerprint density at radius 1 is 1.11 bits per heavy atom. The van der Waals surface area contributed by atoms with Crippen LogP contribution in [0.3, 0.4) is 0 Å². The molecular weight excluding hydrogens is 488 g/mol. The molecule has 4 aromatic rings. The van der Waals surface area contributed by atoms with Crippen LogP contribution in [0.1, 0.15) is 55.0 Å². The van der Waals surface area contributed by atoms with Crippen LogP contribution in [0, 0.1) is 0 Å². The van der Waals surface area contributed by atoms with E-state index in [4.69, 9.17) is 16.0 Å². The van der Waals surface area contributed by atoms with Crippen LogP contribution in [0.15, 0.2) is 53.1 Å². The highest BCUT2D eigenvalue weighted by atomic mass is 35.5.